The van der Waals surface area contributed by atoms with E-state index in [1.54, 1.807) is 0 Å². The molecule has 1 saturated heterocycles. The van der Waals surface area contributed by atoms with Crippen LogP contribution < -0.4 is 10.8 Å². The number of benzene rings is 1. The van der Waals surface area contributed by atoms with Gasteiger partial charge in [0, 0.05) is 11.6 Å². The van der Waals surface area contributed by atoms with Crippen molar-refractivity contribution in [3.8, 4) is 0 Å². The van der Waals surface area contributed by atoms with E-state index in [-0.39, 0.29) is 5.91 Å². The van der Waals surface area contributed by atoms with Crippen LogP contribution in [0.4, 0.5) is 0 Å². The van der Waals surface area contributed by atoms with Gasteiger partial charge in [-0.05, 0) is 59.0 Å². The van der Waals surface area contributed by atoms with E-state index in [1.165, 1.54) is 0 Å². The lowest BCUT2D eigenvalue weighted by Gasteiger charge is -2.32. The summed E-state index contributed by atoms with van der Waals surface area (Å²) in [5.74, 6) is -0.0316. The fraction of sp³-hybridized carbons (Fsp3) is 0.588. The van der Waals surface area contributed by atoms with Gasteiger partial charge in [0.2, 0.25) is 0 Å². The minimum atomic E-state index is -0.508. The van der Waals surface area contributed by atoms with Gasteiger partial charge in [0.1, 0.15) is 0 Å². The van der Waals surface area contributed by atoms with Crippen LogP contribution in [-0.2, 0) is 9.31 Å². The predicted molar refractivity (Wildman–Crippen MR) is 87.4 cm³/mol. The van der Waals surface area contributed by atoms with Crippen molar-refractivity contribution in [1.29, 1.82) is 0 Å². The number of carbonyl (C=O) groups is 1. The molecule has 1 aromatic rings. The molecule has 1 saturated carbocycles. The molecule has 1 amide bonds. The molecule has 0 spiro atoms. The van der Waals surface area contributed by atoms with Crippen LogP contribution in [-0.4, -0.2) is 30.3 Å². The third-order valence-electron chi connectivity index (χ3n) is 4.97. The standard InChI is InChI=1S/C17H24BNO3/c1-11-7-6-8-13(15(20)19-12-9-10-12)14(11)18-21-16(2,3)17(4,5)22-18/h6-8,12H,9-10H2,1-5H3,(H,19,20). The van der Waals surface area contributed by atoms with Crippen LogP contribution in [0.5, 0.6) is 0 Å². The van der Waals surface area contributed by atoms with Crippen molar-refractivity contribution in [3.63, 3.8) is 0 Å². The molecule has 118 valence electrons. The highest BCUT2D eigenvalue weighted by Gasteiger charge is 2.52. The molecule has 1 heterocycles. The van der Waals surface area contributed by atoms with E-state index in [2.05, 4.69) is 5.32 Å². The van der Waals surface area contributed by atoms with Gasteiger partial charge in [0.15, 0.2) is 0 Å². The topological polar surface area (TPSA) is 47.6 Å². The van der Waals surface area contributed by atoms with E-state index in [0.29, 0.717) is 11.6 Å². The fourth-order valence-electron chi connectivity index (χ4n) is 2.64. The van der Waals surface area contributed by atoms with Crippen molar-refractivity contribution in [2.24, 2.45) is 0 Å². The Morgan fingerprint density at radius 2 is 1.77 bits per heavy atom. The van der Waals surface area contributed by atoms with Crippen molar-refractivity contribution >= 4 is 18.5 Å². The molecule has 0 aromatic heterocycles. The van der Waals surface area contributed by atoms with Gasteiger partial charge in [-0.1, -0.05) is 17.7 Å². The lowest BCUT2D eigenvalue weighted by atomic mass is 9.73. The van der Waals surface area contributed by atoms with E-state index in [1.807, 2.05) is 52.8 Å². The van der Waals surface area contributed by atoms with Gasteiger partial charge >= 0.3 is 7.12 Å². The second-order valence-electron chi connectivity index (χ2n) is 7.37. The molecule has 2 fully saturated rings. The average Bonchev–Trinajstić information content (AvgIpc) is 3.16. The van der Waals surface area contributed by atoms with Gasteiger partial charge in [-0.15, -0.1) is 0 Å². The minimum Gasteiger partial charge on any atom is -0.399 e. The van der Waals surface area contributed by atoms with Crippen LogP contribution in [0.3, 0.4) is 0 Å². The maximum absolute atomic E-state index is 12.5. The summed E-state index contributed by atoms with van der Waals surface area (Å²) in [5.41, 5.74) is 1.70. The highest BCUT2D eigenvalue weighted by atomic mass is 16.7. The number of aryl methyl sites for hydroxylation is 1. The molecule has 5 heteroatoms. The van der Waals surface area contributed by atoms with Crippen LogP contribution >= 0.6 is 0 Å². The Bertz CT molecular complexity index is 592. The quantitative estimate of drug-likeness (QED) is 0.871. The molecule has 0 bridgehead atoms. The van der Waals surface area contributed by atoms with Crippen LogP contribution in [0.25, 0.3) is 0 Å². The van der Waals surface area contributed by atoms with Gasteiger partial charge in [-0.3, -0.25) is 4.79 Å². The summed E-state index contributed by atoms with van der Waals surface area (Å²) < 4.78 is 12.3. The van der Waals surface area contributed by atoms with Crippen molar-refractivity contribution in [3.05, 3.63) is 29.3 Å². The number of amides is 1. The minimum absolute atomic E-state index is 0.0316. The van der Waals surface area contributed by atoms with Gasteiger partial charge < -0.3 is 14.6 Å². The first kappa shape index (κ1) is 15.6. The Morgan fingerprint density at radius 3 is 2.32 bits per heavy atom. The summed E-state index contributed by atoms with van der Waals surface area (Å²) in [7, 11) is -0.508. The van der Waals surface area contributed by atoms with Gasteiger partial charge in [-0.2, -0.15) is 0 Å². The highest BCUT2D eigenvalue weighted by molar-refractivity contribution is 6.64. The Balaban J connectivity index is 1.95. The maximum atomic E-state index is 12.5. The Labute approximate surface area is 132 Å². The lowest BCUT2D eigenvalue weighted by Crippen LogP contribution is -2.42. The first-order valence-electron chi connectivity index (χ1n) is 7.97. The number of nitrogens with one attached hydrogen (secondary N) is 1. The average molecular weight is 301 g/mol. The van der Waals surface area contributed by atoms with E-state index in [0.717, 1.165) is 23.9 Å². The SMILES string of the molecule is Cc1cccc(C(=O)NC2CC2)c1B1OC(C)(C)C(C)(C)O1. The van der Waals surface area contributed by atoms with E-state index in [9.17, 15) is 4.79 Å². The lowest BCUT2D eigenvalue weighted by molar-refractivity contribution is 0.00578. The number of rotatable bonds is 3. The zero-order valence-corrected chi connectivity index (χ0v) is 14.0. The molecular formula is C17H24BNO3. The molecule has 1 N–H and O–H groups in total. The molecule has 2 aliphatic rings. The first-order valence-corrected chi connectivity index (χ1v) is 7.97. The second-order valence-corrected chi connectivity index (χ2v) is 7.37. The van der Waals surface area contributed by atoms with Crippen LogP contribution in [0.1, 0.15) is 56.5 Å². The monoisotopic (exact) mass is 301 g/mol. The van der Waals surface area contributed by atoms with Crippen molar-refractivity contribution in [1.82, 2.24) is 5.32 Å². The molecular weight excluding hydrogens is 277 g/mol. The van der Waals surface area contributed by atoms with Crippen LogP contribution in [0, 0.1) is 6.92 Å². The maximum Gasteiger partial charge on any atom is 0.495 e. The summed E-state index contributed by atoms with van der Waals surface area (Å²) in [5, 5.41) is 3.05. The zero-order chi connectivity index (χ0) is 16.1. The van der Waals surface area contributed by atoms with E-state index >= 15 is 0 Å². The third-order valence-corrected chi connectivity index (χ3v) is 4.97. The Kier molecular flexibility index (Phi) is 3.61. The summed E-state index contributed by atoms with van der Waals surface area (Å²) in [4.78, 5) is 12.5. The van der Waals surface area contributed by atoms with Crippen molar-refractivity contribution in [2.75, 3.05) is 0 Å². The molecule has 3 rings (SSSR count). The molecule has 1 aliphatic heterocycles. The summed E-state index contributed by atoms with van der Waals surface area (Å²) in [6.45, 7) is 10.1. The normalized spacial score (nSPS) is 22.7. The van der Waals surface area contributed by atoms with E-state index in [4.69, 9.17) is 9.31 Å². The van der Waals surface area contributed by atoms with E-state index < -0.39 is 18.3 Å². The van der Waals surface area contributed by atoms with Crippen LogP contribution in [0.15, 0.2) is 18.2 Å². The van der Waals surface area contributed by atoms with Gasteiger partial charge in [0.05, 0.1) is 11.2 Å². The second kappa shape index (κ2) is 5.10. The molecule has 0 radical (unpaired) electrons. The fourth-order valence-corrected chi connectivity index (χ4v) is 2.64. The number of hydrogen-bond acceptors (Lipinski definition) is 3. The molecule has 0 atom stereocenters. The van der Waals surface area contributed by atoms with Gasteiger partial charge in [-0.25, -0.2) is 0 Å². The van der Waals surface area contributed by atoms with Crippen LogP contribution in [0.2, 0.25) is 0 Å². The molecule has 1 aliphatic carbocycles. The number of carbonyl (C=O) groups excluding carboxylic acids is 1. The Hall–Kier alpha value is -1.33. The summed E-state index contributed by atoms with van der Waals surface area (Å²) >= 11 is 0. The number of hydrogen-bond donors (Lipinski definition) is 1. The van der Waals surface area contributed by atoms with Crippen molar-refractivity contribution in [2.45, 2.75) is 64.7 Å². The molecule has 4 nitrogen and oxygen atoms in total. The van der Waals surface area contributed by atoms with Crippen molar-refractivity contribution < 1.29 is 14.1 Å². The van der Waals surface area contributed by atoms with Gasteiger partial charge in [0.25, 0.3) is 5.91 Å². The predicted octanol–water partition coefficient (Wildman–Crippen LogP) is 2.19. The zero-order valence-electron chi connectivity index (χ0n) is 14.0. The molecule has 22 heavy (non-hydrogen) atoms. The highest BCUT2D eigenvalue weighted by Crippen LogP contribution is 2.37. The largest absolute Gasteiger partial charge is 0.495 e. The first-order chi connectivity index (χ1) is 10.2. The Morgan fingerprint density at radius 1 is 1.18 bits per heavy atom. The smallest absolute Gasteiger partial charge is 0.399 e. The molecule has 0 unspecified atom stereocenters. The third kappa shape index (κ3) is 2.68. The molecule has 1 aromatic carbocycles. The summed E-state index contributed by atoms with van der Waals surface area (Å²) in [6.07, 6.45) is 2.15. The summed E-state index contributed by atoms with van der Waals surface area (Å²) in [6, 6.07) is 6.09.